The Labute approximate surface area is 199 Å². The van der Waals surface area contributed by atoms with Crippen LogP contribution < -0.4 is 20.8 Å². The van der Waals surface area contributed by atoms with Gasteiger partial charge in [0.2, 0.25) is 0 Å². The number of nitrogens with zero attached hydrogens (tertiary/aromatic N) is 4. The minimum Gasteiger partial charge on any atom is -0.493 e. The summed E-state index contributed by atoms with van der Waals surface area (Å²) in [5.74, 6) is 0.120. The third-order valence-electron chi connectivity index (χ3n) is 5.96. The van der Waals surface area contributed by atoms with Crippen LogP contribution in [0.15, 0.2) is 35.3 Å². The molecule has 2 aromatic heterocycles. The molecule has 0 amide bonds. The normalized spacial score (nSPS) is 13.1. The zero-order valence-electron chi connectivity index (χ0n) is 19.3. The van der Waals surface area contributed by atoms with E-state index in [1.807, 2.05) is 6.92 Å². The molecule has 0 spiro atoms. The number of fused-ring (bicyclic) bond motifs is 1. The second kappa shape index (κ2) is 8.85. The van der Waals surface area contributed by atoms with E-state index in [2.05, 4.69) is 21.4 Å². The van der Waals surface area contributed by atoms with Crippen LogP contribution in [0.5, 0.6) is 11.5 Å². The number of ether oxygens (including phenoxy) is 2. The fourth-order valence-electron chi connectivity index (χ4n) is 4.20. The van der Waals surface area contributed by atoms with Crippen LogP contribution in [0.4, 0.5) is 4.39 Å². The summed E-state index contributed by atoms with van der Waals surface area (Å²) in [7, 11) is 1.68. The van der Waals surface area contributed by atoms with Gasteiger partial charge in [0.05, 0.1) is 41.2 Å². The van der Waals surface area contributed by atoms with E-state index in [1.165, 1.54) is 16.8 Å². The first-order valence-corrected chi connectivity index (χ1v) is 11.3. The Kier molecular flexibility index (Phi) is 5.70. The van der Waals surface area contributed by atoms with E-state index >= 15 is 4.39 Å². The van der Waals surface area contributed by atoms with Gasteiger partial charge in [-0.25, -0.2) is 9.49 Å². The monoisotopic (exact) mass is 474 g/mol. The molecule has 1 aliphatic carbocycles. The molecule has 0 atom stereocenters. The molecule has 1 saturated carbocycles. The van der Waals surface area contributed by atoms with Crippen molar-refractivity contribution in [2.45, 2.75) is 32.4 Å². The maximum atomic E-state index is 15.3. The van der Waals surface area contributed by atoms with Gasteiger partial charge in [-0.05, 0) is 49.6 Å². The first-order valence-electron chi connectivity index (χ1n) is 11.3. The molecule has 3 N–H and O–H groups in total. The summed E-state index contributed by atoms with van der Waals surface area (Å²) in [6.07, 6.45) is 3.44. The summed E-state index contributed by atoms with van der Waals surface area (Å²) in [6.45, 7) is 2.23. The van der Waals surface area contributed by atoms with Crippen LogP contribution in [0.1, 0.15) is 31.0 Å². The topological polar surface area (TPSA) is 132 Å². The molecule has 35 heavy (non-hydrogen) atoms. The summed E-state index contributed by atoms with van der Waals surface area (Å²) in [5.41, 5.74) is 7.73. The molecule has 0 unspecified atom stereocenters. The Balaban J connectivity index is 1.78. The molecule has 9 nitrogen and oxygen atoms in total. The van der Waals surface area contributed by atoms with Gasteiger partial charge in [0.25, 0.3) is 5.56 Å². The van der Waals surface area contributed by atoms with Crippen LogP contribution in [0.25, 0.3) is 33.2 Å². The minimum absolute atomic E-state index is 0.0425. The first kappa shape index (κ1) is 22.6. The van der Waals surface area contributed by atoms with Crippen molar-refractivity contribution in [1.29, 1.82) is 5.26 Å². The standard InChI is InChI=1S/C25H23FN6O3/c1-3-34-21-9-13(8-15-19(11-28)30-31-25(33)23(15)21)17-12-29-32(2)24(17)22-16(10-27)20(7-6-18(22)26)35-14-4-5-14/h6-9,12,14H,3-5,11,28H2,1-2H3,(H,31,33). The summed E-state index contributed by atoms with van der Waals surface area (Å²) >= 11 is 0. The maximum absolute atomic E-state index is 15.3. The maximum Gasteiger partial charge on any atom is 0.275 e. The smallest absolute Gasteiger partial charge is 0.275 e. The molecular weight excluding hydrogens is 451 g/mol. The lowest BCUT2D eigenvalue weighted by atomic mass is 9.95. The number of aryl methyl sites for hydroxylation is 1. The van der Waals surface area contributed by atoms with E-state index in [4.69, 9.17) is 15.2 Å². The highest BCUT2D eigenvalue weighted by Crippen LogP contribution is 2.41. The first-order chi connectivity index (χ1) is 17.0. The van der Waals surface area contributed by atoms with Crippen molar-refractivity contribution >= 4 is 10.8 Å². The van der Waals surface area contributed by atoms with Crippen LogP contribution >= 0.6 is 0 Å². The number of benzene rings is 2. The fourth-order valence-corrected chi connectivity index (χ4v) is 4.20. The zero-order chi connectivity index (χ0) is 24.7. The van der Waals surface area contributed by atoms with E-state index in [0.717, 1.165) is 12.8 Å². The lowest BCUT2D eigenvalue weighted by molar-refractivity contribution is 0.302. The van der Waals surface area contributed by atoms with Gasteiger partial charge in [-0.3, -0.25) is 9.48 Å². The molecular formula is C25H23FN6O3. The number of aromatic amines is 1. The fraction of sp³-hybridized carbons (Fsp3) is 0.280. The molecule has 2 aromatic carbocycles. The number of nitrogens with one attached hydrogen (secondary N) is 1. The molecule has 10 heteroatoms. The predicted molar refractivity (Wildman–Crippen MR) is 127 cm³/mol. The average molecular weight is 474 g/mol. The van der Waals surface area contributed by atoms with Gasteiger partial charge in [0.1, 0.15) is 28.9 Å². The summed E-state index contributed by atoms with van der Waals surface area (Å²) in [6, 6.07) is 8.37. The zero-order valence-corrected chi connectivity index (χ0v) is 19.3. The van der Waals surface area contributed by atoms with Gasteiger partial charge in [-0.2, -0.15) is 15.5 Å². The van der Waals surface area contributed by atoms with Gasteiger partial charge in [-0.15, -0.1) is 0 Å². The summed E-state index contributed by atoms with van der Waals surface area (Å²) in [4.78, 5) is 12.6. The van der Waals surface area contributed by atoms with E-state index in [0.29, 0.717) is 51.4 Å². The van der Waals surface area contributed by atoms with Gasteiger partial charge in [0, 0.05) is 24.5 Å². The van der Waals surface area contributed by atoms with Crippen LogP contribution in [-0.2, 0) is 13.6 Å². The Bertz CT molecular complexity index is 1550. The molecule has 178 valence electrons. The van der Waals surface area contributed by atoms with Gasteiger partial charge in [0.15, 0.2) is 0 Å². The van der Waals surface area contributed by atoms with Gasteiger partial charge < -0.3 is 15.2 Å². The SMILES string of the molecule is CCOc1cc(-c2cnn(C)c2-c2c(F)ccc(OC3CC3)c2C#N)cc2c(CN)n[nH]c(=O)c12. The third-order valence-corrected chi connectivity index (χ3v) is 5.96. The number of hydrogen-bond acceptors (Lipinski definition) is 7. The largest absolute Gasteiger partial charge is 0.493 e. The van der Waals surface area contributed by atoms with E-state index < -0.39 is 11.4 Å². The number of rotatable bonds is 7. The highest BCUT2D eigenvalue weighted by atomic mass is 19.1. The number of nitrogens with two attached hydrogens (primary N) is 1. The molecule has 4 aromatic rings. The molecule has 2 heterocycles. The van der Waals surface area contributed by atoms with Crippen LogP contribution in [-0.4, -0.2) is 32.7 Å². The molecule has 0 radical (unpaired) electrons. The van der Waals surface area contributed by atoms with Crippen LogP contribution in [0.3, 0.4) is 0 Å². The van der Waals surface area contributed by atoms with E-state index in [-0.39, 0.29) is 23.8 Å². The molecule has 5 rings (SSSR count). The highest BCUT2D eigenvalue weighted by Gasteiger charge is 2.28. The van der Waals surface area contributed by atoms with Gasteiger partial charge >= 0.3 is 0 Å². The predicted octanol–water partition coefficient (Wildman–Crippen LogP) is 3.40. The van der Waals surface area contributed by atoms with Crippen molar-refractivity contribution in [2.24, 2.45) is 12.8 Å². The van der Waals surface area contributed by atoms with Crippen LogP contribution in [0.2, 0.25) is 0 Å². The number of H-pyrrole nitrogens is 1. The van der Waals surface area contributed by atoms with Crippen LogP contribution in [0, 0.1) is 17.1 Å². The lowest BCUT2D eigenvalue weighted by Gasteiger charge is -2.15. The van der Waals surface area contributed by atoms with Crippen molar-refractivity contribution in [3.63, 3.8) is 0 Å². The molecule has 1 aliphatic rings. The number of aromatic nitrogens is 4. The van der Waals surface area contributed by atoms with Crippen molar-refractivity contribution in [1.82, 2.24) is 20.0 Å². The molecule has 0 saturated heterocycles. The highest BCUT2D eigenvalue weighted by molar-refractivity contribution is 5.96. The van der Waals surface area contributed by atoms with Crippen molar-refractivity contribution in [3.8, 4) is 40.0 Å². The van der Waals surface area contributed by atoms with E-state index in [9.17, 15) is 10.1 Å². The Hall–Kier alpha value is -4.23. The third kappa shape index (κ3) is 3.90. The second-order valence-corrected chi connectivity index (χ2v) is 8.29. The van der Waals surface area contributed by atoms with Crippen molar-refractivity contribution < 1.29 is 13.9 Å². The Morgan fingerprint density at radius 2 is 2.11 bits per heavy atom. The molecule has 0 bridgehead atoms. The Morgan fingerprint density at radius 1 is 1.31 bits per heavy atom. The number of hydrogen-bond donors (Lipinski definition) is 2. The van der Waals surface area contributed by atoms with E-state index in [1.54, 1.807) is 25.4 Å². The average Bonchev–Trinajstić information content (AvgIpc) is 3.59. The minimum atomic E-state index is -0.568. The number of halogens is 1. The summed E-state index contributed by atoms with van der Waals surface area (Å²) < 4.78 is 28.5. The van der Waals surface area contributed by atoms with Crippen molar-refractivity contribution in [2.75, 3.05) is 6.61 Å². The quantitative estimate of drug-likeness (QED) is 0.420. The van der Waals surface area contributed by atoms with Crippen molar-refractivity contribution in [3.05, 3.63) is 57.9 Å². The number of nitriles is 1. The molecule has 0 aliphatic heterocycles. The Morgan fingerprint density at radius 3 is 2.80 bits per heavy atom. The molecule has 1 fully saturated rings. The van der Waals surface area contributed by atoms with Gasteiger partial charge in [-0.1, -0.05) is 0 Å². The summed E-state index contributed by atoms with van der Waals surface area (Å²) in [5, 5.41) is 21.7. The lowest BCUT2D eigenvalue weighted by Crippen LogP contribution is -2.14. The second-order valence-electron chi connectivity index (χ2n) is 8.29.